The molecule has 1 N–H and O–H groups in total. The first-order valence-corrected chi connectivity index (χ1v) is 8.28. The largest absolute Gasteiger partial charge is 0.483 e. The van der Waals surface area contributed by atoms with Crippen LogP contribution < -0.4 is 10.2 Å². The average Bonchev–Trinajstić information content (AvgIpc) is 2.55. The molecule has 2 rings (SSSR count). The Balaban J connectivity index is 1.81. The summed E-state index contributed by atoms with van der Waals surface area (Å²) in [4.78, 5) is 11.7. The van der Waals surface area contributed by atoms with Crippen LogP contribution in [0.3, 0.4) is 0 Å². The maximum absolute atomic E-state index is 11.7. The number of hydrogen-bond donors (Lipinski definition) is 1. The molecule has 0 aliphatic heterocycles. The van der Waals surface area contributed by atoms with Crippen molar-refractivity contribution in [3.05, 3.63) is 69.7 Å². The molecule has 0 fully saturated rings. The SMILES string of the molecule is Cc1ccc(OCC(=O)NN=C/C(Br)=C\c2ccccc2)c(C)c1. The molecule has 0 aromatic heterocycles. The van der Waals surface area contributed by atoms with Crippen LogP contribution >= 0.6 is 15.9 Å². The van der Waals surface area contributed by atoms with Crippen molar-refractivity contribution in [2.75, 3.05) is 6.61 Å². The zero-order chi connectivity index (χ0) is 17.4. The standard InChI is InChI=1S/C19H19BrN2O2/c1-14-8-9-18(15(2)10-14)24-13-19(23)22-21-12-17(20)11-16-6-4-3-5-7-16/h3-12H,13H2,1-2H3,(H,22,23)/b17-11+,21-12?. The molecule has 0 heterocycles. The number of nitrogens with zero attached hydrogens (tertiary/aromatic N) is 1. The maximum Gasteiger partial charge on any atom is 0.277 e. The molecule has 5 heteroatoms. The molecule has 2 aromatic rings. The molecule has 0 unspecified atom stereocenters. The number of carbonyl (C=O) groups is 1. The van der Waals surface area contributed by atoms with Crippen molar-refractivity contribution < 1.29 is 9.53 Å². The average molecular weight is 387 g/mol. The molecule has 4 nitrogen and oxygen atoms in total. The molecule has 0 saturated heterocycles. The van der Waals surface area contributed by atoms with E-state index in [0.717, 1.165) is 21.2 Å². The summed E-state index contributed by atoms with van der Waals surface area (Å²) in [6.07, 6.45) is 3.43. The van der Waals surface area contributed by atoms with Crippen LogP contribution in [0.15, 0.2) is 58.1 Å². The lowest BCUT2D eigenvalue weighted by Gasteiger charge is -2.08. The maximum atomic E-state index is 11.7. The van der Waals surface area contributed by atoms with E-state index in [4.69, 9.17) is 4.74 Å². The summed E-state index contributed by atoms with van der Waals surface area (Å²) in [7, 11) is 0. The first-order valence-electron chi connectivity index (χ1n) is 7.49. The van der Waals surface area contributed by atoms with E-state index in [9.17, 15) is 4.79 Å². The second-order valence-corrected chi connectivity index (χ2v) is 6.21. The van der Waals surface area contributed by atoms with Gasteiger partial charge in [-0.3, -0.25) is 4.79 Å². The van der Waals surface area contributed by atoms with E-state index in [1.165, 1.54) is 6.21 Å². The Hall–Kier alpha value is -2.40. The van der Waals surface area contributed by atoms with Gasteiger partial charge in [-0.2, -0.15) is 5.10 Å². The molecular weight excluding hydrogens is 368 g/mol. The lowest BCUT2D eigenvalue weighted by Crippen LogP contribution is -2.24. The van der Waals surface area contributed by atoms with Crippen molar-refractivity contribution in [2.45, 2.75) is 13.8 Å². The van der Waals surface area contributed by atoms with E-state index >= 15 is 0 Å². The summed E-state index contributed by atoms with van der Waals surface area (Å²) in [5.41, 5.74) is 5.63. The van der Waals surface area contributed by atoms with Crippen LogP contribution in [0.25, 0.3) is 6.08 Å². The third kappa shape index (κ3) is 6.01. The molecule has 1 amide bonds. The summed E-state index contributed by atoms with van der Waals surface area (Å²) in [6.45, 7) is 3.88. The Morgan fingerprint density at radius 3 is 2.67 bits per heavy atom. The highest BCUT2D eigenvalue weighted by Gasteiger charge is 2.04. The molecule has 2 aromatic carbocycles. The van der Waals surface area contributed by atoms with E-state index in [1.54, 1.807) is 0 Å². The number of rotatable bonds is 6. The monoisotopic (exact) mass is 386 g/mol. The number of hydrogen-bond acceptors (Lipinski definition) is 3. The third-order valence-electron chi connectivity index (χ3n) is 3.17. The Bertz CT molecular complexity index is 755. The molecule has 0 spiro atoms. The zero-order valence-electron chi connectivity index (χ0n) is 13.6. The van der Waals surface area contributed by atoms with Gasteiger partial charge in [0.05, 0.1) is 6.21 Å². The fourth-order valence-electron chi connectivity index (χ4n) is 2.05. The fourth-order valence-corrected chi connectivity index (χ4v) is 2.42. The summed E-state index contributed by atoms with van der Waals surface area (Å²) in [5, 5.41) is 3.90. The summed E-state index contributed by atoms with van der Waals surface area (Å²) in [6, 6.07) is 15.6. The fraction of sp³-hybridized carbons (Fsp3) is 0.158. The topological polar surface area (TPSA) is 50.7 Å². The molecule has 0 atom stereocenters. The van der Waals surface area contributed by atoms with Crippen molar-refractivity contribution in [2.24, 2.45) is 5.10 Å². The molecule has 0 saturated carbocycles. The van der Waals surface area contributed by atoms with Gasteiger partial charge in [0.15, 0.2) is 6.61 Å². The predicted molar refractivity (Wildman–Crippen MR) is 101 cm³/mol. The van der Waals surface area contributed by atoms with Crippen molar-refractivity contribution in [1.82, 2.24) is 5.43 Å². The van der Waals surface area contributed by atoms with E-state index in [0.29, 0.717) is 5.75 Å². The summed E-state index contributed by atoms with van der Waals surface area (Å²) < 4.78 is 6.25. The van der Waals surface area contributed by atoms with E-state index in [1.807, 2.05) is 68.5 Å². The highest BCUT2D eigenvalue weighted by Crippen LogP contribution is 2.18. The number of amides is 1. The Kier molecular flexibility index (Phi) is 6.75. The first kappa shape index (κ1) is 17.9. The second-order valence-electron chi connectivity index (χ2n) is 5.29. The van der Waals surface area contributed by atoms with Gasteiger partial charge in [0.25, 0.3) is 5.91 Å². The minimum absolute atomic E-state index is 0.0821. The van der Waals surface area contributed by atoms with Crippen molar-refractivity contribution in [3.63, 3.8) is 0 Å². The van der Waals surface area contributed by atoms with Crippen LogP contribution in [0.4, 0.5) is 0 Å². The molecule has 0 bridgehead atoms. The molecule has 0 radical (unpaired) electrons. The third-order valence-corrected chi connectivity index (χ3v) is 3.60. The van der Waals surface area contributed by atoms with Gasteiger partial charge in [0.1, 0.15) is 5.75 Å². The van der Waals surface area contributed by atoms with Crippen LogP contribution in [-0.2, 0) is 4.79 Å². The van der Waals surface area contributed by atoms with Crippen LogP contribution in [0.5, 0.6) is 5.75 Å². The van der Waals surface area contributed by atoms with Crippen molar-refractivity contribution in [3.8, 4) is 5.75 Å². The quantitative estimate of drug-likeness (QED) is 0.596. The number of benzene rings is 2. The summed E-state index contributed by atoms with van der Waals surface area (Å²) in [5.74, 6) is 0.385. The van der Waals surface area contributed by atoms with Crippen LogP contribution in [0.1, 0.15) is 16.7 Å². The van der Waals surface area contributed by atoms with E-state index in [-0.39, 0.29) is 12.5 Å². The predicted octanol–water partition coefficient (Wildman–Crippen LogP) is 4.22. The van der Waals surface area contributed by atoms with Gasteiger partial charge >= 0.3 is 0 Å². The van der Waals surface area contributed by atoms with Gasteiger partial charge in [-0.1, -0.05) is 48.0 Å². The molecular formula is C19H19BrN2O2. The molecule has 124 valence electrons. The van der Waals surface area contributed by atoms with Gasteiger partial charge in [0.2, 0.25) is 0 Å². The highest BCUT2D eigenvalue weighted by molar-refractivity contribution is 9.12. The Morgan fingerprint density at radius 1 is 1.21 bits per heavy atom. The number of allylic oxidation sites excluding steroid dienone is 1. The van der Waals surface area contributed by atoms with Crippen LogP contribution in [0.2, 0.25) is 0 Å². The molecule has 0 aliphatic rings. The second kappa shape index (κ2) is 9.03. The zero-order valence-corrected chi connectivity index (χ0v) is 15.2. The van der Waals surface area contributed by atoms with Gasteiger partial charge in [0, 0.05) is 4.48 Å². The first-order chi connectivity index (χ1) is 11.5. The normalized spacial score (nSPS) is 11.5. The highest BCUT2D eigenvalue weighted by atomic mass is 79.9. The minimum Gasteiger partial charge on any atom is -0.483 e. The van der Waals surface area contributed by atoms with Crippen LogP contribution in [0, 0.1) is 13.8 Å². The Labute approximate surface area is 150 Å². The number of aryl methyl sites for hydroxylation is 2. The lowest BCUT2D eigenvalue weighted by molar-refractivity contribution is -0.123. The van der Waals surface area contributed by atoms with Gasteiger partial charge < -0.3 is 4.74 Å². The lowest BCUT2D eigenvalue weighted by atomic mass is 10.1. The minimum atomic E-state index is -0.314. The molecule has 0 aliphatic carbocycles. The number of carbonyl (C=O) groups excluding carboxylic acids is 1. The van der Waals surface area contributed by atoms with Crippen molar-refractivity contribution >= 4 is 34.1 Å². The van der Waals surface area contributed by atoms with Gasteiger partial charge in [-0.25, -0.2) is 5.43 Å². The van der Waals surface area contributed by atoms with E-state index < -0.39 is 0 Å². The number of halogens is 1. The molecule has 24 heavy (non-hydrogen) atoms. The van der Waals surface area contributed by atoms with Gasteiger partial charge in [-0.05, 0) is 53.0 Å². The van der Waals surface area contributed by atoms with Crippen molar-refractivity contribution in [1.29, 1.82) is 0 Å². The number of ether oxygens (including phenoxy) is 1. The van der Waals surface area contributed by atoms with Gasteiger partial charge in [-0.15, -0.1) is 0 Å². The smallest absolute Gasteiger partial charge is 0.277 e. The van der Waals surface area contributed by atoms with Crippen LogP contribution in [-0.4, -0.2) is 18.7 Å². The number of hydrazone groups is 1. The summed E-state index contributed by atoms with van der Waals surface area (Å²) >= 11 is 3.39. The Morgan fingerprint density at radius 2 is 1.96 bits per heavy atom. The number of nitrogens with one attached hydrogen (secondary N) is 1. The van der Waals surface area contributed by atoms with E-state index in [2.05, 4.69) is 26.5 Å².